The lowest BCUT2D eigenvalue weighted by Crippen LogP contribution is -2.41. The molecule has 4 rings (SSSR count). The second-order valence-corrected chi connectivity index (χ2v) is 7.68. The van der Waals surface area contributed by atoms with E-state index in [2.05, 4.69) is 10.3 Å². The molecule has 0 unspecified atom stereocenters. The van der Waals surface area contributed by atoms with Gasteiger partial charge in [-0.2, -0.15) is 5.10 Å². The number of carbonyl (C=O) groups is 1. The highest BCUT2D eigenvalue weighted by atomic mass is 16.5. The number of para-hydroxylation sites is 1. The van der Waals surface area contributed by atoms with E-state index in [1.807, 2.05) is 50.1 Å². The Hall–Kier alpha value is -3.09. The fourth-order valence-corrected chi connectivity index (χ4v) is 3.72. The summed E-state index contributed by atoms with van der Waals surface area (Å²) >= 11 is 0. The quantitative estimate of drug-likeness (QED) is 0.661. The lowest BCUT2D eigenvalue weighted by molar-refractivity contribution is 0.0623. The number of hydrogen-bond acceptors (Lipinski definition) is 5. The molecule has 1 atom stereocenters. The number of nitrogens with zero attached hydrogens (tertiary/aromatic N) is 4. The van der Waals surface area contributed by atoms with Gasteiger partial charge in [-0.05, 0) is 38.3 Å². The zero-order valence-corrected chi connectivity index (χ0v) is 17.1. The molecule has 2 aromatic heterocycles. The summed E-state index contributed by atoms with van der Waals surface area (Å²) in [5, 5.41) is 8.23. The van der Waals surface area contributed by atoms with Crippen LogP contribution in [0, 0.1) is 19.8 Å². The molecule has 152 valence electrons. The SMILES string of the molecule is Cc1ccccc1OC[C@H]1CCCN(C(=O)c2cc(-c3cnn(C)c3C)on2)C1. The first-order valence-corrected chi connectivity index (χ1v) is 9.96. The number of carbonyl (C=O) groups excluding carboxylic acids is 1. The molecule has 1 amide bonds. The zero-order chi connectivity index (χ0) is 20.4. The van der Waals surface area contributed by atoms with Crippen molar-refractivity contribution in [2.24, 2.45) is 13.0 Å². The maximum Gasteiger partial charge on any atom is 0.276 e. The lowest BCUT2D eigenvalue weighted by Gasteiger charge is -2.32. The van der Waals surface area contributed by atoms with Crippen LogP contribution in [0.25, 0.3) is 11.3 Å². The van der Waals surface area contributed by atoms with E-state index in [1.54, 1.807) is 16.9 Å². The van der Waals surface area contributed by atoms with Crippen molar-refractivity contribution in [3.05, 3.63) is 53.5 Å². The summed E-state index contributed by atoms with van der Waals surface area (Å²) in [4.78, 5) is 14.8. The Labute approximate surface area is 170 Å². The molecular formula is C22H26N4O3. The number of benzene rings is 1. The van der Waals surface area contributed by atoms with Gasteiger partial charge in [-0.3, -0.25) is 9.48 Å². The van der Waals surface area contributed by atoms with Crippen molar-refractivity contribution in [2.45, 2.75) is 26.7 Å². The van der Waals surface area contributed by atoms with Gasteiger partial charge in [-0.1, -0.05) is 23.4 Å². The molecule has 3 aromatic rings. The van der Waals surface area contributed by atoms with E-state index in [0.29, 0.717) is 30.5 Å². The van der Waals surface area contributed by atoms with Crippen molar-refractivity contribution in [3.8, 4) is 17.1 Å². The van der Waals surface area contributed by atoms with Crippen molar-refractivity contribution in [1.82, 2.24) is 19.8 Å². The van der Waals surface area contributed by atoms with Crippen LogP contribution >= 0.6 is 0 Å². The van der Waals surface area contributed by atoms with Crippen molar-refractivity contribution in [1.29, 1.82) is 0 Å². The fraction of sp³-hybridized carbons (Fsp3) is 0.409. The highest BCUT2D eigenvalue weighted by Gasteiger charge is 2.27. The van der Waals surface area contributed by atoms with Gasteiger partial charge < -0.3 is 14.2 Å². The van der Waals surface area contributed by atoms with E-state index in [4.69, 9.17) is 9.26 Å². The van der Waals surface area contributed by atoms with Crippen LogP contribution in [0.1, 0.15) is 34.6 Å². The Balaban J connectivity index is 1.40. The minimum atomic E-state index is -0.0952. The molecule has 3 heterocycles. The van der Waals surface area contributed by atoms with Crippen LogP contribution in [0.5, 0.6) is 5.75 Å². The number of aromatic nitrogens is 3. The second-order valence-electron chi connectivity index (χ2n) is 7.68. The summed E-state index contributed by atoms with van der Waals surface area (Å²) < 4.78 is 13.2. The van der Waals surface area contributed by atoms with Crippen LogP contribution in [0.15, 0.2) is 41.1 Å². The molecule has 0 radical (unpaired) electrons. The van der Waals surface area contributed by atoms with Gasteiger partial charge in [-0.15, -0.1) is 0 Å². The van der Waals surface area contributed by atoms with E-state index in [0.717, 1.165) is 42.0 Å². The van der Waals surface area contributed by atoms with Crippen LogP contribution in [-0.4, -0.2) is 45.4 Å². The number of amides is 1. The van der Waals surface area contributed by atoms with Crippen molar-refractivity contribution < 1.29 is 14.1 Å². The van der Waals surface area contributed by atoms with E-state index < -0.39 is 0 Å². The molecular weight excluding hydrogens is 368 g/mol. The van der Waals surface area contributed by atoms with E-state index in [1.165, 1.54) is 0 Å². The predicted octanol–water partition coefficient (Wildman–Crippen LogP) is 3.62. The molecule has 29 heavy (non-hydrogen) atoms. The lowest BCUT2D eigenvalue weighted by atomic mass is 9.98. The largest absolute Gasteiger partial charge is 0.493 e. The molecule has 1 aliphatic rings. The van der Waals surface area contributed by atoms with Crippen molar-refractivity contribution in [2.75, 3.05) is 19.7 Å². The average molecular weight is 394 g/mol. The normalized spacial score (nSPS) is 16.8. The number of rotatable bonds is 5. The van der Waals surface area contributed by atoms with Gasteiger partial charge in [0.05, 0.1) is 18.4 Å². The summed E-state index contributed by atoms with van der Waals surface area (Å²) in [5.41, 5.74) is 3.27. The van der Waals surface area contributed by atoms with Gasteiger partial charge in [0, 0.05) is 37.8 Å². The van der Waals surface area contributed by atoms with Gasteiger partial charge in [-0.25, -0.2) is 0 Å². The van der Waals surface area contributed by atoms with Crippen molar-refractivity contribution >= 4 is 5.91 Å². The van der Waals surface area contributed by atoms with Crippen LogP contribution in [-0.2, 0) is 7.05 Å². The summed E-state index contributed by atoms with van der Waals surface area (Å²) in [7, 11) is 1.87. The van der Waals surface area contributed by atoms with Crippen LogP contribution in [0.3, 0.4) is 0 Å². The zero-order valence-electron chi connectivity index (χ0n) is 17.1. The molecule has 1 aromatic carbocycles. The second kappa shape index (κ2) is 8.11. The number of ether oxygens (including phenoxy) is 1. The first-order valence-electron chi connectivity index (χ1n) is 9.96. The number of hydrogen-bond donors (Lipinski definition) is 0. The topological polar surface area (TPSA) is 73.4 Å². The third kappa shape index (κ3) is 4.04. The maximum absolute atomic E-state index is 13.0. The Kier molecular flexibility index (Phi) is 5.38. The Morgan fingerprint density at radius 1 is 1.31 bits per heavy atom. The Morgan fingerprint density at radius 3 is 2.90 bits per heavy atom. The third-order valence-corrected chi connectivity index (χ3v) is 5.60. The molecule has 0 bridgehead atoms. The van der Waals surface area contributed by atoms with Gasteiger partial charge in [0.25, 0.3) is 5.91 Å². The molecule has 0 saturated carbocycles. The standard InChI is InChI=1S/C22H26N4O3/c1-15-7-4-5-9-20(15)28-14-17-8-6-10-26(13-17)22(27)19-11-21(29-24-19)18-12-23-25(3)16(18)2/h4-5,7,9,11-12,17H,6,8,10,13-14H2,1-3H3/t17-/m0/s1. The molecule has 0 spiro atoms. The minimum Gasteiger partial charge on any atom is -0.493 e. The van der Waals surface area contributed by atoms with Gasteiger partial charge in [0.1, 0.15) is 5.75 Å². The van der Waals surface area contributed by atoms with Crippen LogP contribution in [0.2, 0.25) is 0 Å². The third-order valence-electron chi connectivity index (χ3n) is 5.60. The number of likely N-dealkylation sites (tertiary alicyclic amines) is 1. The molecule has 7 heteroatoms. The first kappa shape index (κ1) is 19.2. The molecule has 1 saturated heterocycles. The maximum atomic E-state index is 13.0. The molecule has 0 N–H and O–H groups in total. The summed E-state index contributed by atoms with van der Waals surface area (Å²) in [5.74, 6) is 1.68. The molecule has 1 aliphatic heterocycles. The minimum absolute atomic E-state index is 0.0952. The fourth-order valence-electron chi connectivity index (χ4n) is 3.72. The van der Waals surface area contributed by atoms with Gasteiger partial charge in [0.15, 0.2) is 11.5 Å². The van der Waals surface area contributed by atoms with Gasteiger partial charge in [0.2, 0.25) is 0 Å². The predicted molar refractivity (Wildman–Crippen MR) is 109 cm³/mol. The first-order chi connectivity index (χ1) is 14.0. The van der Waals surface area contributed by atoms with Gasteiger partial charge >= 0.3 is 0 Å². The highest BCUT2D eigenvalue weighted by molar-refractivity contribution is 5.93. The monoisotopic (exact) mass is 394 g/mol. The summed E-state index contributed by atoms with van der Waals surface area (Å²) in [6.45, 7) is 5.99. The molecule has 1 fully saturated rings. The number of piperidine rings is 1. The molecule has 7 nitrogen and oxygen atoms in total. The average Bonchev–Trinajstić information content (AvgIpc) is 3.34. The summed E-state index contributed by atoms with van der Waals surface area (Å²) in [6, 6.07) is 9.71. The van der Waals surface area contributed by atoms with Crippen LogP contribution < -0.4 is 4.74 Å². The van der Waals surface area contributed by atoms with E-state index in [9.17, 15) is 4.79 Å². The van der Waals surface area contributed by atoms with Crippen molar-refractivity contribution in [3.63, 3.8) is 0 Å². The van der Waals surface area contributed by atoms with E-state index in [-0.39, 0.29) is 5.91 Å². The molecule has 0 aliphatic carbocycles. The smallest absolute Gasteiger partial charge is 0.276 e. The van der Waals surface area contributed by atoms with Crippen LogP contribution in [0.4, 0.5) is 0 Å². The Bertz CT molecular complexity index is 1010. The summed E-state index contributed by atoms with van der Waals surface area (Å²) in [6.07, 6.45) is 3.73. The van der Waals surface area contributed by atoms with E-state index >= 15 is 0 Å². The number of aryl methyl sites for hydroxylation is 2. The highest BCUT2D eigenvalue weighted by Crippen LogP contribution is 2.26. The Morgan fingerprint density at radius 2 is 2.14 bits per heavy atom.